The van der Waals surface area contributed by atoms with Gasteiger partial charge in [0.25, 0.3) is 0 Å². The number of hydrogen-bond acceptors (Lipinski definition) is 4. The summed E-state index contributed by atoms with van der Waals surface area (Å²) in [6, 6.07) is 0. The van der Waals surface area contributed by atoms with Crippen LogP contribution in [0.25, 0.3) is 0 Å². The van der Waals surface area contributed by atoms with Gasteiger partial charge in [0.15, 0.2) is 9.84 Å². The monoisotopic (exact) mass is 178 g/mol. The van der Waals surface area contributed by atoms with Gasteiger partial charge in [-0.1, -0.05) is 0 Å². The van der Waals surface area contributed by atoms with E-state index in [1.54, 1.807) is 0 Å². The van der Waals surface area contributed by atoms with Crippen molar-refractivity contribution in [3.8, 4) is 0 Å². The summed E-state index contributed by atoms with van der Waals surface area (Å²) in [4.78, 5) is 2.10. The second-order valence-corrected chi connectivity index (χ2v) is 5.09. The minimum absolute atomic E-state index is 0.314. The van der Waals surface area contributed by atoms with Gasteiger partial charge in [0, 0.05) is 19.8 Å². The van der Waals surface area contributed by atoms with Gasteiger partial charge in [-0.05, 0) is 7.05 Å². The standard InChI is InChI=1S/C6H14N2O2S/c1-7-6-8-2-4-11(9,10)5-3-8/h7H,2-6H2,1H3. The molecule has 0 aromatic carbocycles. The lowest BCUT2D eigenvalue weighted by atomic mass is 10.5. The molecule has 0 aromatic heterocycles. The maximum atomic E-state index is 11.0. The molecule has 1 fully saturated rings. The van der Waals surface area contributed by atoms with E-state index in [0.717, 1.165) is 6.67 Å². The fraction of sp³-hybridized carbons (Fsp3) is 1.00. The summed E-state index contributed by atoms with van der Waals surface area (Å²) in [5, 5.41) is 3.00. The van der Waals surface area contributed by atoms with Crippen LogP contribution in [-0.4, -0.2) is 51.6 Å². The van der Waals surface area contributed by atoms with Gasteiger partial charge in [-0.2, -0.15) is 0 Å². The van der Waals surface area contributed by atoms with Crippen LogP contribution in [0.4, 0.5) is 0 Å². The second-order valence-electron chi connectivity index (χ2n) is 2.78. The number of sulfone groups is 1. The number of hydrogen-bond donors (Lipinski definition) is 1. The lowest BCUT2D eigenvalue weighted by Crippen LogP contribution is -2.43. The Hall–Kier alpha value is -0.130. The SMILES string of the molecule is CNCN1CCS(=O)(=O)CC1. The molecule has 0 atom stereocenters. The predicted octanol–water partition coefficient (Wildman–Crippen LogP) is -1.11. The molecule has 0 radical (unpaired) electrons. The zero-order valence-electron chi connectivity index (χ0n) is 6.71. The Labute approximate surface area is 67.5 Å². The van der Waals surface area contributed by atoms with Crippen LogP contribution >= 0.6 is 0 Å². The molecule has 0 amide bonds. The smallest absolute Gasteiger partial charge is 0.152 e. The highest BCUT2D eigenvalue weighted by atomic mass is 32.2. The van der Waals surface area contributed by atoms with Crippen molar-refractivity contribution >= 4 is 9.84 Å². The van der Waals surface area contributed by atoms with Crippen molar-refractivity contribution in [1.29, 1.82) is 0 Å². The Morgan fingerprint density at radius 2 is 1.91 bits per heavy atom. The third-order valence-electron chi connectivity index (χ3n) is 1.82. The zero-order valence-corrected chi connectivity index (χ0v) is 7.52. The third kappa shape index (κ3) is 2.76. The first-order valence-electron chi connectivity index (χ1n) is 3.71. The van der Waals surface area contributed by atoms with Gasteiger partial charge in [0.1, 0.15) is 0 Å². The Balaban J connectivity index is 2.36. The Bertz CT molecular complexity index is 199. The Morgan fingerprint density at radius 1 is 1.36 bits per heavy atom. The van der Waals surface area contributed by atoms with E-state index in [4.69, 9.17) is 0 Å². The maximum Gasteiger partial charge on any atom is 0.152 e. The summed E-state index contributed by atoms with van der Waals surface area (Å²) < 4.78 is 21.9. The molecule has 0 spiro atoms. The van der Waals surface area contributed by atoms with Crippen molar-refractivity contribution in [3.05, 3.63) is 0 Å². The van der Waals surface area contributed by atoms with Crippen molar-refractivity contribution in [3.63, 3.8) is 0 Å². The van der Waals surface area contributed by atoms with Gasteiger partial charge in [-0.25, -0.2) is 8.42 Å². The summed E-state index contributed by atoms with van der Waals surface area (Å²) in [5.41, 5.74) is 0. The zero-order chi connectivity index (χ0) is 8.32. The molecule has 66 valence electrons. The van der Waals surface area contributed by atoms with Gasteiger partial charge in [-0.15, -0.1) is 0 Å². The first kappa shape index (κ1) is 8.96. The Morgan fingerprint density at radius 3 is 2.36 bits per heavy atom. The van der Waals surface area contributed by atoms with Gasteiger partial charge in [-0.3, -0.25) is 4.90 Å². The molecule has 1 saturated heterocycles. The summed E-state index contributed by atoms with van der Waals surface area (Å²) in [7, 11) is -0.839. The highest BCUT2D eigenvalue weighted by Crippen LogP contribution is 2.01. The summed E-state index contributed by atoms with van der Waals surface area (Å²) >= 11 is 0. The summed E-state index contributed by atoms with van der Waals surface area (Å²) in [5.74, 6) is 0.628. The molecule has 0 saturated carbocycles. The minimum atomic E-state index is -2.70. The molecular formula is C6H14N2O2S. The molecule has 0 aromatic rings. The van der Waals surface area contributed by atoms with E-state index in [2.05, 4.69) is 10.2 Å². The van der Waals surface area contributed by atoms with Crippen LogP contribution in [0.3, 0.4) is 0 Å². The van der Waals surface area contributed by atoms with Crippen LogP contribution in [0.15, 0.2) is 0 Å². The molecular weight excluding hydrogens is 164 g/mol. The van der Waals surface area contributed by atoms with E-state index in [0.29, 0.717) is 24.6 Å². The summed E-state index contributed by atoms with van der Waals surface area (Å²) in [6.07, 6.45) is 0. The number of nitrogens with one attached hydrogen (secondary N) is 1. The van der Waals surface area contributed by atoms with Crippen molar-refractivity contribution in [1.82, 2.24) is 10.2 Å². The van der Waals surface area contributed by atoms with Crippen LogP contribution in [0.2, 0.25) is 0 Å². The van der Waals surface area contributed by atoms with Crippen molar-refractivity contribution < 1.29 is 8.42 Å². The molecule has 0 bridgehead atoms. The van der Waals surface area contributed by atoms with Crippen LogP contribution < -0.4 is 5.32 Å². The van der Waals surface area contributed by atoms with Crippen molar-refractivity contribution in [2.24, 2.45) is 0 Å². The molecule has 1 aliphatic heterocycles. The van der Waals surface area contributed by atoms with E-state index in [1.165, 1.54) is 0 Å². The van der Waals surface area contributed by atoms with Gasteiger partial charge < -0.3 is 5.32 Å². The second kappa shape index (κ2) is 3.51. The highest BCUT2D eigenvalue weighted by Gasteiger charge is 2.20. The van der Waals surface area contributed by atoms with Gasteiger partial charge >= 0.3 is 0 Å². The number of nitrogens with zero attached hydrogens (tertiary/aromatic N) is 1. The van der Waals surface area contributed by atoms with E-state index in [9.17, 15) is 8.42 Å². The maximum absolute atomic E-state index is 11.0. The van der Waals surface area contributed by atoms with E-state index in [-0.39, 0.29) is 0 Å². The molecule has 1 rings (SSSR count). The lowest BCUT2D eigenvalue weighted by Gasteiger charge is -2.25. The van der Waals surface area contributed by atoms with E-state index in [1.807, 2.05) is 7.05 Å². The van der Waals surface area contributed by atoms with E-state index >= 15 is 0 Å². The predicted molar refractivity (Wildman–Crippen MR) is 44.2 cm³/mol. The number of rotatable bonds is 2. The lowest BCUT2D eigenvalue weighted by molar-refractivity contribution is 0.281. The van der Waals surface area contributed by atoms with E-state index < -0.39 is 9.84 Å². The molecule has 1 heterocycles. The van der Waals surface area contributed by atoms with Crippen LogP contribution in [-0.2, 0) is 9.84 Å². The molecule has 1 aliphatic rings. The fourth-order valence-corrected chi connectivity index (χ4v) is 2.41. The molecule has 0 aliphatic carbocycles. The first-order valence-corrected chi connectivity index (χ1v) is 5.53. The molecule has 1 N–H and O–H groups in total. The van der Waals surface area contributed by atoms with Crippen molar-refractivity contribution in [2.75, 3.05) is 38.3 Å². The topological polar surface area (TPSA) is 49.4 Å². The molecule has 4 nitrogen and oxygen atoms in total. The molecule has 11 heavy (non-hydrogen) atoms. The molecule has 5 heteroatoms. The Kier molecular flexibility index (Phi) is 2.86. The first-order chi connectivity index (χ1) is 5.14. The fourth-order valence-electron chi connectivity index (χ4n) is 1.13. The van der Waals surface area contributed by atoms with Crippen LogP contribution in [0, 0.1) is 0 Å². The van der Waals surface area contributed by atoms with Crippen LogP contribution in [0.1, 0.15) is 0 Å². The average Bonchev–Trinajstić information content (AvgIpc) is 1.94. The van der Waals surface area contributed by atoms with Crippen molar-refractivity contribution in [2.45, 2.75) is 0 Å². The third-order valence-corrected chi connectivity index (χ3v) is 3.43. The highest BCUT2D eigenvalue weighted by molar-refractivity contribution is 7.91. The molecule has 0 unspecified atom stereocenters. The summed E-state index contributed by atoms with van der Waals surface area (Å²) in [6.45, 7) is 2.13. The quantitative estimate of drug-likeness (QED) is 0.583. The van der Waals surface area contributed by atoms with Gasteiger partial charge in [0.05, 0.1) is 11.5 Å². The normalized spacial score (nSPS) is 25.2. The largest absolute Gasteiger partial charge is 0.307 e. The average molecular weight is 178 g/mol. The van der Waals surface area contributed by atoms with Crippen LogP contribution in [0.5, 0.6) is 0 Å². The minimum Gasteiger partial charge on any atom is -0.307 e. The van der Waals surface area contributed by atoms with Gasteiger partial charge in [0.2, 0.25) is 0 Å².